The molecular formula is C21H28N4OS2. The van der Waals surface area contributed by atoms with E-state index in [4.69, 9.17) is 14.7 Å². The molecule has 0 radical (unpaired) electrons. The highest BCUT2D eigenvalue weighted by Crippen LogP contribution is 2.43. The zero-order chi connectivity index (χ0) is 19.1. The van der Waals surface area contributed by atoms with Crippen molar-refractivity contribution in [2.45, 2.75) is 50.5 Å². The minimum absolute atomic E-state index is 0.287. The van der Waals surface area contributed by atoms with Crippen LogP contribution in [0.2, 0.25) is 0 Å². The molecule has 5 rings (SSSR count). The number of hydrogen-bond acceptors (Lipinski definition) is 7. The first-order valence-electron chi connectivity index (χ1n) is 10.4. The van der Waals surface area contributed by atoms with Crippen LogP contribution in [0, 0.1) is 6.92 Å². The molecule has 0 amide bonds. The summed E-state index contributed by atoms with van der Waals surface area (Å²) in [5, 5.41) is 3.32. The number of fused-ring (bicyclic) bond motifs is 1. The summed E-state index contributed by atoms with van der Waals surface area (Å²) in [5.41, 5.74) is 3.86. The van der Waals surface area contributed by atoms with E-state index in [0.717, 1.165) is 55.4 Å². The molecule has 5 nitrogen and oxygen atoms in total. The highest BCUT2D eigenvalue weighted by atomic mass is 32.1. The SMILES string of the molecule is Cc1nc(C2CN(S)c3ncc([C@H]4CC[C@H](N5CCOCC5)CC4)cc32)cs1. The number of pyridine rings is 1. The molecule has 0 spiro atoms. The highest BCUT2D eigenvalue weighted by Gasteiger charge is 2.33. The van der Waals surface area contributed by atoms with Gasteiger partial charge in [-0.15, -0.1) is 11.3 Å². The maximum absolute atomic E-state index is 5.52. The van der Waals surface area contributed by atoms with Crippen LogP contribution in [0.3, 0.4) is 0 Å². The molecule has 3 aliphatic rings. The van der Waals surface area contributed by atoms with Crippen LogP contribution < -0.4 is 4.31 Å². The van der Waals surface area contributed by atoms with Crippen molar-refractivity contribution in [1.29, 1.82) is 0 Å². The van der Waals surface area contributed by atoms with E-state index < -0.39 is 0 Å². The van der Waals surface area contributed by atoms with Gasteiger partial charge in [0.25, 0.3) is 0 Å². The molecule has 2 aromatic rings. The average Bonchev–Trinajstić information content (AvgIpc) is 3.32. The molecule has 150 valence electrons. The van der Waals surface area contributed by atoms with Gasteiger partial charge in [0, 0.05) is 48.7 Å². The van der Waals surface area contributed by atoms with E-state index in [1.807, 2.05) is 4.31 Å². The molecule has 1 aliphatic carbocycles. The molecule has 2 fully saturated rings. The zero-order valence-electron chi connectivity index (χ0n) is 16.4. The van der Waals surface area contributed by atoms with Crippen molar-refractivity contribution in [1.82, 2.24) is 14.9 Å². The monoisotopic (exact) mass is 416 g/mol. The Balaban J connectivity index is 1.32. The van der Waals surface area contributed by atoms with E-state index in [0.29, 0.717) is 5.92 Å². The Morgan fingerprint density at radius 1 is 1.18 bits per heavy atom. The molecule has 28 heavy (non-hydrogen) atoms. The van der Waals surface area contributed by atoms with Crippen molar-refractivity contribution in [2.75, 3.05) is 37.2 Å². The first-order chi connectivity index (χ1) is 13.7. The van der Waals surface area contributed by atoms with Crippen molar-refractivity contribution in [3.8, 4) is 0 Å². The molecule has 4 heterocycles. The van der Waals surface area contributed by atoms with E-state index in [9.17, 15) is 0 Å². The van der Waals surface area contributed by atoms with Gasteiger partial charge in [0.1, 0.15) is 5.82 Å². The molecule has 2 aromatic heterocycles. The van der Waals surface area contributed by atoms with Crippen LogP contribution in [0.15, 0.2) is 17.6 Å². The van der Waals surface area contributed by atoms with Crippen molar-refractivity contribution >= 4 is 30.0 Å². The topological polar surface area (TPSA) is 41.5 Å². The predicted octanol–water partition coefficient (Wildman–Crippen LogP) is 4.00. The normalized spacial score (nSPS) is 28.5. The Morgan fingerprint density at radius 3 is 2.68 bits per heavy atom. The van der Waals surface area contributed by atoms with E-state index in [1.165, 1.54) is 36.8 Å². The quantitative estimate of drug-likeness (QED) is 0.766. The smallest absolute Gasteiger partial charge is 0.142 e. The summed E-state index contributed by atoms with van der Waals surface area (Å²) < 4.78 is 7.50. The van der Waals surface area contributed by atoms with E-state index in [2.05, 4.69) is 42.3 Å². The minimum Gasteiger partial charge on any atom is -0.379 e. The predicted molar refractivity (Wildman–Crippen MR) is 117 cm³/mol. The number of hydrogen-bond donors (Lipinski definition) is 1. The Bertz CT molecular complexity index is 828. The fourth-order valence-corrected chi connectivity index (χ4v) is 6.05. The fourth-order valence-electron chi connectivity index (χ4n) is 5.05. The fraction of sp³-hybridized carbons (Fsp3) is 0.619. The number of thiol groups is 1. The second-order valence-corrected chi connectivity index (χ2v) is 9.81. The zero-order valence-corrected chi connectivity index (χ0v) is 18.1. The number of nitrogens with zero attached hydrogens (tertiary/aromatic N) is 4. The number of anilines is 1. The molecule has 1 saturated carbocycles. The molecular weight excluding hydrogens is 388 g/mol. The van der Waals surface area contributed by atoms with Crippen LogP contribution in [-0.4, -0.2) is 53.8 Å². The lowest BCUT2D eigenvalue weighted by atomic mass is 9.81. The lowest BCUT2D eigenvalue weighted by Crippen LogP contribution is -2.44. The van der Waals surface area contributed by atoms with Gasteiger partial charge < -0.3 is 9.04 Å². The number of thiazole rings is 1. The summed E-state index contributed by atoms with van der Waals surface area (Å²) in [6.45, 7) is 6.91. The third kappa shape index (κ3) is 3.58. The van der Waals surface area contributed by atoms with Gasteiger partial charge in [0.15, 0.2) is 0 Å². The van der Waals surface area contributed by atoms with E-state index in [-0.39, 0.29) is 5.92 Å². The Kier molecular flexibility index (Phi) is 5.34. The van der Waals surface area contributed by atoms with Crippen LogP contribution in [0.4, 0.5) is 5.82 Å². The van der Waals surface area contributed by atoms with E-state index in [1.54, 1.807) is 11.3 Å². The molecule has 1 saturated heterocycles. The van der Waals surface area contributed by atoms with Gasteiger partial charge in [-0.25, -0.2) is 9.97 Å². The molecule has 1 atom stereocenters. The van der Waals surface area contributed by atoms with Crippen LogP contribution in [-0.2, 0) is 4.74 Å². The van der Waals surface area contributed by atoms with Gasteiger partial charge in [0.2, 0.25) is 0 Å². The standard InChI is InChI=1S/C21H28N4OS2/c1-14-23-20(13-28-14)19-12-25(27)21-18(19)10-16(11-22-21)15-2-4-17(5-3-15)24-6-8-26-9-7-24/h10-11,13,15,17,19,27H,2-9,12H2,1H3/t15-,17-,19?. The second kappa shape index (κ2) is 7.94. The third-order valence-electron chi connectivity index (χ3n) is 6.62. The number of rotatable bonds is 3. The summed E-state index contributed by atoms with van der Waals surface area (Å²) in [4.78, 5) is 12.2. The lowest BCUT2D eigenvalue weighted by molar-refractivity contribution is 0.00729. The number of aryl methyl sites for hydroxylation is 1. The van der Waals surface area contributed by atoms with Gasteiger partial charge in [0.05, 0.1) is 23.9 Å². The van der Waals surface area contributed by atoms with Gasteiger partial charge in [-0.2, -0.15) is 0 Å². The van der Waals surface area contributed by atoms with Gasteiger partial charge in [-0.3, -0.25) is 4.90 Å². The number of morpholine rings is 1. The molecule has 0 aromatic carbocycles. The molecule has 1 unspecified atom stereocenters. The summed E-state index contributed by atoms with van der Waals surface area (Å²) in [6.07, 6.45) is 7.18. The number of aromatic nitrogens is 2. The maximum atomic E-state index is 5.52. The lowest BCUT2D eigenvalue weighted by Gasteiger charge is -2.38. The van der Waals surface area contributed by atoms with Crippen LogP contribution in [0.1, 0.15) is 59.3 Å². The molecule has 2 aliphatic heterocycles. The van der Waals surface area contributed by atoms with Crippen LogP contribution >= 0.6 is 24.2 Å². The van der Waals surface area contributed by atoms with Gasteiger partial charge in [-0.1, -0.05) is 12.8 Å². The van der Waals surface area contributed by atoms with Gasteiger partial charge in [-0.05, 0) is 50.2 Å². The summed E-state index contributed by atoms with van der Waals surface area (Å²) in [6, 6.07) is 3.14. The first kappa shape index (κ1) is 18.9. The maximum Gasteiger partial charge on any atom is 0.142 e. The highest BCUT2D eigenvalue weighted by molar-refractivity contribution is 7.81. The largest absolute Gasteiger partial charge is 0.379 e. The molecule has 0 N–H and O–H groups in total. The van der Waals surface area contributed by atoms with Crippen molar-refractivity contribution in [3.05, 3.63) is 39.5 Å². The number of ether oxygens (including phenoxy) is 1. The Hall–Kier alpha value is -1.15. The Morgan fingerprint density at radius 2 is 1.96 bits per heavy atom. The third-order valence-corrected chi connectivity index (χ3v) is 7.76. The minimum atomic E-state index is 0.287. The van der Waals surface area contributed by atoms with Crippen molar-refractivity contribution in [2.24, 2.45) is 0 Å². The average molecular weight is 417 g/mol. The van der Waals surface area contributed by atoms with Gasteiger partial charge >= 0.3 is 0 Å². The molecule has 0 bridgehead atoms. The van der Waals surface area contributed by atoms with Crippen molar-refractivity contribution < 1.29 is 4.74 Å². The first-order valence-corrected chi connectivity index (χ1v) is 11.7. The van der Waals surface area contributed by atoms with Crippen LogP contribution in [0.25, 0.3) is 0 Å². The Labute approximate surface area is 176 Å². The van der Waals surface area contributed by atoms with Crippen LogP contribution in [0.5, 0.6) is 0 Å². The molecule has 7 heteroatoms. The summed E-state index contributed by atoms with van der Waals surface area (Å²) >= 11 is 6.38. The second-order valence-electron chi connectivity index (χ2n) is 8.26. The summed E-state index contributed by atoms with van der Waals surface area (Å²) in [5.74, 6) is 1.92. The van der Waals surface area contributed by atoms with Crippen molar-refractivity contribution in [3.63, 3.8) is 0 Å². The van der Waals surface area contributed by atoms with E-state index >= 15 is 0 Å². The summed E-state index contributed by atoms with van der Waals surface area (Å²) in [7, 11) is 0.